The number of phenols is 1. The molecule has 0 saturated carbocycles. The van der Waals surface area contributed by atoms with Gasteiger partial charge in [-0.1, -0.05) is 19.1 Å². The Kier molecular flexibility index (Phi) is 3.29. The Labute approximate surface area is 71.3 Å². The van der Waals surface area contributed by atoms with Gasteiger partial charge in [0.1, 0.15) is 11.3 Å². The van der Waals surface area contributed by atoms with E-state index in [9.17, 15) is 4.79 Å². The molecule has 2 N–H and O–H groups in total. The van der Waals surface area contributed by atoms with E-state index in [1.54, 1.807) is 13.0 Å². The smallest absolute Gasteiger partial charge is 0.339 e. The van der Waals surface area contributed by atoms with Crippen LogP contribution in [0.25, 0.3) is 0 Å². The van der Waals surface area contributed by atoms with Gasteiger partial charge in [-0.3, -0.25) is 0 Å². The van der Waals surface area contributed by atoms with Gasteiger partial charge >= 0.3 is 5.97 Å². The van der Waals surface area contributed by atoms with Gasteiger partial charge in [0.15, 0.2) is 0 Å². The summed E-state index contributed by atoms with van der Waals surface area (Å²) in [6.07, 6.45) is 0. The molecule has 0 atom stereocenters. The molecule has 0 spiro atoms. The van der Waals surface area contributed by atoms with Crippen molar-refractivity contribution in [2.45, 2.75) is 14.4 Å². The normalized spacial score (nSPS) is 8.75. The molecule has 0 aliphatic heterocycles. The van der Waals surface area contributed by atoms with Crippen molar-refractivity contribution in [1.82, 2.24) is 0 Å². The molecule has 1 aromatic carbocycles. The van der Waals surface area contributed by atoms with Crippen LogP contribution in [0.4, 0.5) is 0 Å². The summed E-state index contributed by atoms with van der Waals surface area (Å²) in [6.45, 7) is 1.77. The Morgan fingerprint density at radius 1 is 1.42 bits per heavy atom. The van der Waals surface area contributed by atoms with E-state index in [0.29, 0.717) is 0 Å². The number of carboxylic acid groups (broad SMARTS) is 1. The Bertz CT molecular complexity index is 292. The van der Waals surface area contributed by atoms with Crippen molar-refractivity contribution in [2.24, 2.45) is 0 Å². The van der Waals surface area contributed by atoms with Crippen LogP contribution >= 0.6 is 0 Å². The molecule has 12 heavy (non-hydrogen) atoms. The van der Waals surface area contributed by atoms with Crippen molar-refractivity contribution >= 4 is 5.97 Å². The minimum Gasteiger partial charge on any atom is -0.507 e. The fourth-order valence-corrected chi connectivity index (χ4v) is 0.821. The van der Waals surface area contributed by atoms with Gasteiger partial charge in [0.25, 0.3) is 0 Å². The number of aromatic hydroxyl groups is 1. The molecule has 0 aromatic heterocycles. The zero-order chi connectivity index (χ0) is 8.43. The number of aryl methyl sites for hydroxylation is 1. The van der Waals surface area contributed by atoms with E-state index in [-0.39, 0.29) is 18.7 Å². The second kappa shape index (κ2) is 3.76. The molecule has 0 fully saturated rings. The van der Waals surface area contributed by atoms with Crippen LogP contribution in [0.2, 0.25) is 0 Å². The summed E-state index contributed by atoms with van der Waals surface area (Å²) < 4.78 is 0. The molecule has 1 aromatic rings. The summed E-state index contributed by atoms with van der Waals surface area (Å²) in [6, 6.07) is 4.46. The fraction of sp³-hybridized carbons (Fsp3) is 0.222. The van der Waals surface area contributed by atoms with Gasteiger partial charge in [-0.05, 0) is 19.1 Å². The highest BCUT2D eigenvalue weighted by molar-refractivity contribution is 5.90. The number of rotatable bonds is 1. The number of hydrogen-bond acceptors (Lipinski definition) is 2. The minimum absolute atomic E-state index is 0. The molecular formula is C9H12O3. The quantitative estimate of drug-likeness (QED) is 0.674. The van der Waals surface area contributed by atoms with Gasteiger partial charge in [0, 0.05) is 0 Å². The first kappa shape index (κ1) is 10.5. The van der Waals surface area contributed by atoms with E-state index in [1.165, 1.54) is 12.1 Å². The minimum atomic E-state index is -1.11. The number of carboxylic acids is 1. The number of aromatic carboxylic acids is 1. The molecule has 3 heteroatoms. The highest BCUT2D eigenvalue weighted by Crippen LogP contribution is 2.17. The molecule has 0 saturated heterocycles. The molecule has 1 rings (SSSR count). The lowest BCUT2D eigenvalue weighted by Crippen LogP contribution is -1.96. The Balaban J connectivity index is 0.00000121. The summed E-state index contributed by atoms with van der Waals surface area (Å²) in [5.41, 5.74) is 0.769. The van der Waals surface area contributed by atoms with Crippen molar-refractivity contribution < 1.29 is 15.0 Å². The third kappa shape index (κ3) is 1.99. The largest absolute Gasteiger partial charge is 0.507 e. The maximum Gasteiger partial charge on any atom is 0.339 e. The van der Waals surface area contributed by atoms with Crippen molar-refractivity contribution in [3.8, 4) is 5.75 Å². The van der Waals surface area contributed by atoms with Crippen LogP contribution in [0, 0.1) is 6.92 Å². The molecule has 0 radical (unpaired) electrons. The second-order valence-electron chi connectivity index (χ2n) is 2.33. The maximum atomic E-state index is 10.4. The monoisotopic (exact) mass is 168 g/mol. The lowest BCUT2D eigenvalue weighted by Gasteiger charge is -1.98. The number of benzene rings is 1. The zero-order valence-electron chi connectivity index (χ0n) is 6.03. The van der Waals surface area contributed by atoms with Crippen LogP contribution < -0.4 is 0 Å². The first-order valence-electron chi connectivity index (χ1n) is 3.14. The Hall–Kier alpha value is -1.51. The lowest BCUT2D eigenvalue weighted by molar-refractivity contribution is 0.0693. The predicted molar refractivity (Wildman–Crippen MR) is 46.5 cm³/mol. The Morgan fingerprint density at radius 3 is 2.42 bits per heavy atom. The molecule has 0 amide bonds. The summed E-state index contributed by atoms with van der Waals surface area (Å²) >= 11 is 0. The molecule has 0 unspecified atom stereocenters. The number of hydrogen-bond donors (Lipinski definition) is 2. The van der Waals surface area contributed by atoms with Gasteiger partial charge < -0.3 is 10.2 Å². The first-order chi connectivity index (χ1) is 5.11. The lowest BCUT2D eigenvalue weighted by atomic mass is 10.1. The third-order valence-corrected chi connectivity index (χ3v) is 1.38. The van der Waals surface area contributed by atoms with Gasteiger partial charge in [0.05, 0.1) is 0 Å². The van der Waals surface area contributed by atoms with Crippen LogP contribution in [-0.2, 0) is 0 Å². The molecule has 0 heterocycles. The highest BCUT2D eigenvalue weighted by Gasteiger charge is 2.07. The van der Waals surface area contributed by atoms with E-state index in [0.717, 1.165) is 5.56 Å². The SMILES string of the molecule is C.Cc1ccc(O)c(C(=O)O)c1. The van der Waals surface area contributed by atoms with Crippen LogP contribution in [-0.4, -0.2) is 16.2 Å². The van der Waals surface area contributed by atoms with E-state index in [4.69, 9.17) is 10.2 Å². The predicted octanol–water partition coefficient (Wildman–Crippen LogP) is 2.03. The summed E-state index contributed by atoms with van der Waals surface area (Å²) in [5, 5.41) is 17.6. The summed E-state index contributed by atoms with van der Waals surface area (Å²) in [7, 11) is 0. The van der Waals surface area contributed by atoms with Crippen molar-refractivity contribution in [3.05, 3.63) is 29.3 Å². The summed E-state index contributed by atoms with van der Waals surface area (Å²) in [5.74, 6) is -1.30. The average Bonchev–Trinajstić information content (AvgIpc) is 1.94. The average molecular weight is 168 g/mol. The van der Waals surface area contributed by atoms with E-state index in [2.05, 4.69) is 0 Å². The maximum absolute atomic E-state index is 10.4. The number of carbonyl (C=O) groups is 1. The second-order valence-corrected chi connectivity index (χ2v) is 2.33. The van der Waals surface area contributed by atoms with Crippen LogP contribution in [0.1, 0.15) is 23.3 Å². The van der Waals surface area contributed by atoms with Gasteiger partial charge in [-0.25, -0.2) is 4.79 Å². The third-order valence-electron chi connectivity index (χ3n) is 1.38. The molecule has 3 nitrogen and oxygen atoms in total. The van der Waals surface area contributed by atoms with Crippen molar-refractivity contribution in [1.29, 1.82) is 0 Å². The fourth-order valence-electron chi connectivity index (χ4n) is 0.821. The van der Waals surface area contributed by atoms with Crippen molar-refractivity contribution in [2.75, 3.05) is 0 Å². The van der Waals surface area contributed by atoms with E-state index >= 15 is 0 Å². The molecule has 0 aliphatic carbocycles. The molecule has 66 valence electrons. The summed E-state index contributed by atoms with van der Waals surface area (Å²) in [4.78, 5) is 10.4. The van der Waals surface area contributed by atoms with Crippen molar-refractivity contribution in [3.63, 3.8) is 0 Å². The Morgan fingerprint density at radius 2 is 2.00 bits per heavy atom. The molecule has 0 bridgehead atoms. The molecular weight excluding hydrogens is 156 g/mol. The van der Waals surface area contributed by atoms with Gasteiger partial charge in [0.2, 0.25) is 0 Å². The highest BCUT2D eigenvalue weighted by atomic mass is 16.4. The van der Waals surface area contributed by atoms with Crippen LogP contribution in [0.5, 0.6) is 5.75 Å². The molecule has 0 aliphatic rings. The first-order valence-corrected chi connectivity index (χ1v) is 3.14. The van der Waals surface area contributed by atoms with Gasteiger partial charge in [-0.2, -0.15) is 0 Å². The topological polar surface area (TPSA) is 57.5 Å². The zero-order valence-corrected chi connectivity index (χ0v) is 6.03. The van der Waals surface area contributed by atoms with Gasteiger partial charge in [-0.15, -0.1) is 0 Å². The standard InChI is InChI=1S/C8H8O3.CH4/c1-5-2-3-7(9)6(4-5)8(10)11;/h2-4,9H,1H3,(H,10,11);1H4. The van der Waals surface area contributed by atoms with E-state index < -0.39 is 5.97 Å². The van der Waals surface area contributed by atoms with E-state index in [1.807, 2.05) is 0 Å². The van der Waals surface area contributed by atoms with Crippen LogP contribution in [0.3, 0.4) is 0 Å². The van der Waals surface area contributed by atoms with Crippen LogP contribution in [0.15, 0.2) is 18.2 Å².